The third-order valence-electron chi connectivity index (χ3n) is 2.85. The lowest BCUT2D eigenvalue weighted by atomic mass is 10.2. The highest BCUT2D eigenvalue weighted by molar-refractivity contribution is 6.33. The van der Waals surface area contributed by atoms with Crippen LogP contribution in [0.15, 0.2) is 43.2 Å². The predicted molar refractivity (Wildman–Crippen MR) is 85.1 cm³/mol. The lowest BCUT2D eigenvalue weighted by Crippen LogP contribution is -2.15. The van der Waals surface area contributed by atoms with Crippen molar-refractivity contribution in [2.45, 2.75) is 6.18 Å². The summed E-state index contributed by atoms with van der Waals surface area (Å²) in [6.45, 7) is 4.01. The Morgan fingerprint density at radius 1 is 1.29 bits per heavy atom. The van der Waals surface area contributed by atoms with E-state index in [-0.39, 0.29) is 16.4 Å². The second kappa shape index (κ2) is 7.31. The molecule has 24 heavy (non-hydrogen) atoms. The normalized spacial score (nSPS) is 11.0. The van der Waals surface area contributed by atoms with E-state index in [0.29, 0.717) is 12.4 Å². The van der Waals surface area contributed by atoms with Crippen molar-refractivity contribution in [3.05, 3.63) is 59.5 Å². The molecule has 2 rings (SSSR count). The van der Waals surface area contributed by atoms with Crippen molar-refractivity contribution in [2.24, 2.45) is 0 Å². The third kappa shape index (κ3) is 4.45. The Balaban J connectivity index is 2.16. The van der Waals surface area contributed by atoms with Gasteiger partial charge in [0.05, 0.1) is 28.7 Å². The molecule has 1 amide bonds. The molecule has 0 aliphatic carbocycles. The van der Waals surface area contributed by atoms with Crippen LogP contribution in [0.4, 0.5) is 24.7 Å². The van der Waals surface area contributed by atoms with E-state index in [2.05, 4.69) is 27.2 Å². The molecule has 0 atom stereocenters. The summed E-state index contributed by atoms with van der Waals surface area (Å²) in [6.07, 6.45) is -0.394. The van der Waals surface area contributed by atoms with Gasteiger partial charge in [-0.05, 0) is 18.2 Å². The summed E-state index contributed by atoms with van der Waals surface area (Å²) in [5.41, 5.74) is -1.14. The van der Waals surface area contributed by atoms with E-state index in [4.69, 9.17) is 11.6 Å². The van der Waals surface area contributed by atoms with E-state index in [9.17, 15) is 18.0 Å². The summed E-state index contributed by atoms with van der Waals surface area (Å²) in [7, 11) is 0. The fraction of sp³-hybridized carbons (Fsp3) is 0.133. The lowest BCUT2D eigenvalue weighted by molar-refractivity contribution is -0.137. The van der Waals surface area contributed by atoms with Crippen molar-refractivity contribution in [3.63, 3.8) is 0 Å². The molecule has 0 aliphatic heterocycles. The summed E-state index contributed by atoms with van der Waals surface area (Å²) < 4.78 is 38.1. The Bertz CT molecular complexity index is 747. The fourth-order valence-corrected chi connectivity index (χ4v) is 1.86. The van der Waals surface area contributed by atoms with Gasteiger partial charge in [-0.1, -0.05) is 17.7 Å². The zero-order chi connectivity index (χ0) is 17.7. The standard InChI is InChI=1S/C15H12ClF3N4O/c1-2-5-20-13-8-21-12(7-22-13)14(24)23-11-6-9(15(17,18)19)3-4-10(11)16/h2-4,6-8H,1,5H2,(H,20,22)(H,23,24). The van der Waals surface area contributed by atoms with Gasteiger partial charge in [-0.25, -0.2) is 9.97 Å². The zero-order valence-corrected chi connectivity index (χ0v) is 12.9. The minimum absolute atomic E-state index is 0.0198. The number of amides is 1. The molecule has 126 valence electrons. The smallest absolute Gasteiger partial charge is 0.365 e. The number of rotatable bonds is 5. The molecule has 2 aromatic rings. The highest BCUT2D eigenvalue weighted by Gasteiger charge is 2.31. The first-order valence-corrected chi connectivity index (χ1v) is 7.04. The first-order chi connectivity index (χ1) is 11.3. The third-order valence-corrected chi connectivity index (χ3v) is 3.18. The Morgan fingerprint density at radius 3 is 2.62 bits per heavy atom. The van der Waals surface area contributed by atoms with Gasteiger partial charge in [-0.3, -0.25) is 4.79 Å². The molecule has 0 fully saturated rings. The fourth-order valence-electron chi connectivity index (χ4n) is 1.70. The van der Waals surface area contributed by atoms with E-state index in [1.807, 2.05) is 0 Å². The van der Waals surface area contributed by atoms with Gasteiger partial charge in [0.2, 0.25) is 0 Å². The van der Waals surface area contributed by atoms with Gasteiger partial charge in [-0.15, -0.1) is 6.58 Å². The van der Waals surface area contributed by atoms with Crippen molar-refractivity contribution in [2.75, 3.05) is 17.2 Å². The van der Waals surface area contributed by atoms with Gasteiger partial charge in [0.15, 0.2) is 0 Å². The largest absolute Gasteiger partial charge is 0.416 e. The van der Waals surface area contributed by atoms with E-state index < -0.39 is 17.6 Å². The maximum Gasteiger partial charge on any atom is 0.416 e. The molecule has 1 aromatic carbocycles. The molecule has 0 saturated carbocycles. The molecule has 0 saturated heterocycles. The van der Waals surface area contributed by atoms with Crippen LogP contribution in [0.25, 0.3) is 0 Å². The van der Waals surface area contributed by atoms with Crippen molar-refractivity contribution >= 4 is 29.0 Å². The number of benzene rings is 1. The van der Waals surface area contributed by atoms with Crippen LogP contribution in [0.5, 0.6) is 0 Å². The summed E-state index contributed by atoms with van der Waals surface area (Å²) in [4.78, 5) is 19.9. The summed E-state index contributed by atoms with van der Waals surface area (Å²) in [5, 5.41) is 5.15. The van der Waals surface area contributed by atoms with Crippen LogP contribution in [-0.4, -0.2) is 22.4 Å². The minimum atomic E-state index is -4.54. The zero-order valence-electron chi connectivity index (χ0n) is 12.2. The number of halogens is 4. The van der Waals surface area contributed by atoms with Crippen molar-refractivity contribution in [3.8, 4) is 0 Å². The second-order valence-electron chi connectivity index (χ2n) is 4.60. The van der Waals surface area contributed by atoms with E-state index >= 15 is 0 Å². The van der Waals surface area contributed by atoms with Crippen LogP contribution in [0.3, 0.4) is 0 Å². The quantitative estimate of drug-likeness (QED) is 0.795. The molecule has 5 nitrogen and oxygen atoms in total. The van der Waals surface area contributed by atoms with Crippen molar-refractivity contribution < 1.29 is 18.0 Å². The van der Waals surface area contributed by atoms with Gasteiger partial charge in [0.1, 0.15) is 11.5 Å². The molecule has 1 aromatic heterocycles. The highest BCUT2D eigenvalue weighted by Crippen LogP contribution is 2.33. The Labute approximate surface area is 140 Å². The number of carbonyl (C=O) groups is 1. The summed E-state index contributed by atoms with van der Waals surface area (Å²) >= 11 is 5.82. The number of anilines is 2. The molecule has 9 heteroatoms. The number of hydrogen-bond donors (Lipinski definition) is 2. The van der Waals surface area contributed by atoms with Crippen LogP contribution in [0.2, 0.25) is 5.02 Å². The van der Waals surface area contributed by atoms with E-state index in [1.165, 1.54) is 12.4 Å². The van der Waals surface area contributed by atoms with Gasteiger partial charge in [0, 0.05) is 6.54 Å². The first kappa shape index (κ1) is 17.7. The number of hydrogen-bond acceptors (Lipinski definition) is 4. The SMILES string of the molecule is C=CCNc1cnc(C(=O)Nc2cc(C(F)(F)F)ccc2Cl)cn1. The Hall–Kier alpha value is -2.61. The lowest BCUT2D eigenvalue weighted by Gasteiger charge is -2.11. The molecule has 0 unspecified atom stereocenters. The molecule has 0 spiro atoms. The molecular formula is C15H12ClF3N4O. The molecule has 1 heterocycles. The Morgan fingerprint density at radius 2 is 2.04 bits per heavy atom. The topological polar surface area (TPSA) is 66.9 Å². The molecule has 2 N–H and O–H groups in total. The number of nitrogens with zero attached hydrogens (tertiary/aromatic N) is 2. The predicted octanol–water partition coefficient (Wildman–Crippen LogP) is 4.00. The minimum Gasteiger partial charge on any atom is -0.365 e. The summed E-state index contributed by atoms with van der Waals surface area (Å²) in [6, 6.07) is 2.65. The van der Waals surface area contributed by atoms with Gasteiger partial charge in [0.25, 0.3) is 5.91 Å². The van der Waals surface area contributed by atoms with E-state index in [0.717, 1.165) is 18.2 Å². The average Bonchev–Trinajstić information content (AvgIpc) is 2.54. The monoisotopic (exact) mass is 356 g/mol. The summed E-state index contributed by atoms with van der Waals surface area (Å²) in [5.74, 6) is -0.289. The molecule has 0 radical (unpaired) electrons. The van der Waals surface area contributed by atoms with Crippen LogP contribution in [0.1, 0.15) is 16.1 Å². The maximum atomic E-state index is 12.7. The van der Waals surface area contributed by atoms with Crippen molar-refractivity contribution in [1.82, 2.24) is 9.97 Å². The van der Waals surface area contributed by atoms with Crippen LogP contribution < -0.4 is 10.6 Å². The molecular weight excluding hydrogens is 345 g/mol. The molecule has 0 bridgehead atoms. The average molecular weight is 357 g/mol. The van der Waals surface area contributed by atoms with Crippen LogP contribution in [-0.2, 0) is 6.18 Å². The molecule has 0 aliphatic rings. The number of nitrogens with one attached hydrogen (secondary N) is 2. The highest BCUT2D eigenvalue weighted by atomic mass is 35.5. The number of carbonyl (C=O) groups excluding carboxylic acids is 1. The second-order valence-corrected chi connectivity index (χ2v) is 5.01. The van der Waals surface area contributed by atoms with Gasteiger partial charge < -0.3 is 10.6 Å². The number of aromatic nitrogens is 2. The van der Waals surface area contributed by atoms with Gasteiger partial charge >= 0.3 is 6.18 Å². The van der Waals surface area contributed by atoms with Crippen molar-refractivity contribution in [1.29, 1.82) is 0 Å². The maximum absolute atomic E-state index is 12.7. The number of alkyl halides is 3. The Kier molecular flexibility index (Phi) is 5.40. The van der Waals surface area contributed by atoms with Gasteiger partial charge in [-0.2, -0.15) is 13.2 Å². The van der Waals surface area contributed by atoms with Crippen LogP contribution >= 0.6 is 11.6 Å². The van der Waals surface area contributed by atoms with E-state index in [1.54, 1.807) is 6.08 Å². The van der Waals surface area contributed by atoms with Crippen LogP contribution in [0, 0.1) is 0 Å². The first-order valence-electron chi connectivity index (χ1n) is 6.66.